The van der Waals surface area contributed by atoms with E-state index in [9.17, 15) is 13.5 Å². The fourth-order valence-electron chi connectivity index (χ4n) is 2.49. The van der Waals surface area contributed by atoms with Gasteiger partial charge in [0.1, 0.15) is 4.90 Å². The first kappa shape index (κ1) is 15.1. The van der Waals surface area contributed by atoms with E-state index in [0.29, 0.717) is 17.9 Å². The second-order valence-corrected chi connectivity index (χ2v) is 7.10. The Morgan fingerprint density at radius 1 is 1.35 bits per heavy atom. The molecule has 0 unspecified atom stereocenters. The third-order valence-corrected chi connectivity index (χ3v) is 5.16. The van der Waals surface area contributed by atoms with Gasteiger partial charge in [-0.15, -0.1) is 0 Å². The molecule has 1 aliphatic carbocycles. The summed E-state index contributed by atoms with van der Waals surface area (Å²) < 4.78 is 26.2. The molecule has 0 radical (unpaired) electrons. The van der Waals surface area contributed by atoms with E-state index in [1.54, 1.807) is 12.1 Å². The molecule has 0 heterocycles. The minimum absolute atomic E-state index is 0.0987. The molecule has 0 aliphatic heterocycles. The molecule has 0 spiro atoms. The Bertz CT molecular complexity index is 581. The number of benzene rings is 1. The fraction of sp³-hybridized carbons (Fsp3) is 0.538. The molecule has 0 saturated heterocycles. The van der Waals surface area contributed by atoms with Gasteiger partial charge in [-0.2, -0.15) is 0 Å². The van der Waals surface area contributed by atoms with Crippen molar-refractivity contribution in [3.63, 3.8) is 0 Å². The largest absolute Gasteiger partial charge is 0.399 e. The lowest BCUT2D eigenvalue weighted by molar-refractivity contribution is 0.0614. The number of rotatable bonds is 5. The average molecular weight is 299 g/mol. The highest BCUT2D eigenvalue weighted by Crippen LogP contribution is 2.31. The number of sulfonamides is 1. The van der Waals surface area contributed by atoms with E-state index in [2.05, 4.69) is 10.0 Å². The molecular formula is C13H21N3O3S. The first-order valence-electron chi connectivity index (χ1n) is 6.66. The van der Waals surface area contributed by atoms with Crippen LogP contribution < -0.4 is 15.8 Å². The quantitative estimate of drug-likeness (QED) is 0.605. The minimum Gasteiger partial charge on any atom is -0.399 e. The van der Waals surface area contributed by atoms with Gasteiger partial charge in [-0.05, 0) is 38.1 Å². The average Bonchev–Trinajstić information content (AvgIpc) is 2.84. The molecule has 0 aromatic heterocycles. The molecule has 112 valence electrons. The zero-order valence-electron chi connectivity index (χ0n) is 11.5. The highest BCUT2D eigenvalue weighted by atomic mass is 32.2. The number of nitrogen functional groups attached to an aromatic ring is 1. The van der Waals surface area contributed by atoms with Gasteiger partial charge in [0.2, 0.25) is 10.0 Å². The topological polar surface area (TPSA) is 104 Å². The highest BCUT2D eigenvalue weighted by Gasteiger charge is 2.31. The maximum Gasteiger partial charge on any atom is 0.242 e. The summed E-state index contributed by atoms with van der Waals surface area (Å²) in [7, 11) is -2.24. The fourth-order valence-corrected chi connectivity index (χ4v) is 3.43. The highest BCUT2D eigenvalue weighted by molar-refractivity contribution is 7.89. The SMILES string of the molecule is CNS(=O)(=O)c1cc(N)ccc1NCC1(O)CCCC1. The Balaban J connectivity index is 2.23. The summed E-state index contributed by atoms with van der Waals surface area (Å²) in [5.74, 6) is 0. The van der Waals surface area contributed by atoms with Crippen LogP contribution in [0.2, 0.25) is 0 Å². The maximum absolute atomic E-state index is 12.0. The standard InChI is InChI=1S/C13H21N3O3S/c1-15-20(18,19)12-8-10(14)4-5-11(12)16-9-13(17)6-2-3-7-13/h4-5,8,15-17H,2-3,6-7,9,14H2,1H3. The zero-order valence-corrected chi connectivity index (χ0v) is 12.3. The summed E-state index contributed by atoms with van der Waals surface area (Å²) in [6.07, 6.45) is 3.48. The lowest BCUT2D eigenvalue weighted by Gasteiger charge is -2.24. The Morgan fingerprint density at radius 3 is 2.60 bits per heavy atom. The van der Waals surface area contributed by atoms with Crippen molar-refractivity contribution in [2.45, 2.75) is 36.2 Å². The van der Waals surface area contributed by atoms with E-state index in [4.69, 9.17) is 5.73 Å². The van der Waals surface area contributed by atoms with Gasteiger partial charge < -0.3 is 16.2 Å². The molecular weight excluding hydrogens is 278 g/mol. The van der Waals surface area contributed by atoms with Crippen molar-refractivity contribution in [1.82, 2.24) is 4.72 Å². The number of aliphatic hydroxyl groups is 1. The van der Waals surface area contributed by atoms with E-state index < -0.39 is 15.6 Å². The van der Waals surface area contributed by atoms with Crippen molar-refractivity contribution in [3.8, 4) is 0 Å². The predicted molar refractivity (Wildman–Crippen MR) is 79.0 cm³/mol. The van der Waals surface area contributed by atoms with E-state index in [1.807, 2.05) is 0 Å². The molecule has 6 nitrogen and oxygen atoms in total. The third kappa shape index (κ3) is 3.23. The first-order valence-corrected chi connectivity index (χ1v) is 8.14. The van der Waals surface area contributed by atoms with Crippen molar-refractivity contribution in [2.24, 2.45) is 0 Å². The van der Waals surface area contributed by atoms with Crippen LogP contribution in [0.25, 0.3) is 0 Å². The Morgan fingerprint density at radius 2 is 2.00 bits per heavy atom. The van der Waals surface area contributed by atoms with Gasteiger partial charge in [0, 0.05) is 12.2 Å². The summed E-state index contributed by atoms with van der Waals surface area (Å²) in [6.45, 7) is 0.336. The van der Waals surface area contributed by atoms with Crippen molar-refractivity contribution >= 4 is 21.4 Å². The molecule has 7 heteroatoms. The lowest BCUT2D eigenvalue weighted by Crippen LogP contribution is -2.34. The second-order valence-electron chi connectivity index (χ2n) is 5.25. The Labute approximate surface area is 119 Å². The van der Waals surface area contributed by atoms with Crippen molar-refractivity contribution in [1.29, 1.82) is 0 Å². The number of nitrogens with two attached hydrogens (primary N) is 1. The molecule has 0 bridgehead atoms. The molecule has 1 fully saturated rings. The molecule has 5 N–H and O–H groups in total. The Kier molecular flexibility index (Phi) is 4.22. The minimum atomic E-state index is -3.59. The normalized spacial score (nSPS) is 18.1. The van der Waals surface area contributed by atoms with E-state index in [-0.39, 0.29) is 4.90 Å². The molecule has 1 aromatic carbocycles. The summed E-state index contributed by atoms with van der Waals surface area (Å²) in [5.41, 5.74) is 5.74. The summed E-state index contributed by atoms with van der Waals surface area (Å²) >= 11 is 0. The van der Waals surface area contributed by atoms with Gasteiger partial charge in [-0.3, -0.25) is 0 Å². The zero-order chi connectivity index (χ0) is 14.8. The molecule has 1 aliphatic rings. The number of nitrogens with one attached hydrogen (secondary N) is 2. The van der Waals surface area contributed by atoms with Crippen molar-refractivity contribution in [2.75, 3.05) is 24.6 Å². The molecule has 1 aromatic rings. The van der Waals surface area contributed by atoms with Crippen LogP contribution in [0.1, 0.15) is 25.7 Å². The number of hydrogen-bond acceptors (Lipinski definition) is 5. The van der Waals surface area contributed by atoms with Gasteiger partial charge in [0.25, 0.3) is 0 Å². The van der Waals surface area contributed by atoms with Crippen LogP contribution in [-0.2, 0) is 10.0 Å². The second kappa shape index (κ2) is 5.59. The van der Waals surface area contributed by atoms with Crippen molar-refractivity contribution < 1.29 is 13.5 Å². The van der Waals surface area contributed by atoms with E-state index >= 15 is 0 Å². The molecule has 20 heavy (non-hydrogen) atoms. The Hall–Kier alpha value is -1.31. The smallest absolute Gasteiger partial charge is 0.242 e. The van der Waals surface area contributed by atoms with Crippen LogP contribution in [0.15, 0.2) is 23.1 Å². The molecule has 0 amide bonds. The van der Waals surface area contributed by atoms with E-state index in [0.717, 1.165) is 25.7 Å². The van der Waals surface area contributed by atoms with Crippen LogP contribution in [0.4, 0.5) is 11.4 Å². The van der Waals surface area contributed by atoms with Crippen LogP contribution in [0.3, 0.4) is 0 Å². The van der Waals surface area contributed by atoms with Gasteiger partial charge in [0.05, 0.1) is 11.3 Å². The molecule has 2 rings (SSSR count). The van der Waals surface area contributed by atoms with Gasteiger partial charge in [-0.1, -0.05) is 12.8 Å². The molecule has 0 atom stereocenters. The molecule has 1 saturated carbocycles. The first-order chi connectivity index (χ1) is 9.36. The maximum atomic E-state index is 12.0. The van der Waals surface area contributed by atoms with E-state index in [1.165, 1.54) is 13.1 Å². The third-order valence-electron chi connectivity index (χ3n) is 3.71. The monoisotopic (exact) mass is 299 g/mol. The summed E-state index contributed by atoms with van der Waals surface area (Å²) in [5, 5.41) is 13.3. The summed E-state index contributed by atoms with van der Waals surface area (Å²) in [4.78, 5) is 0.0987. The van der Waals surface area contributed by atoms with Crippen LogP contribution in [0.5, 0.6) is 0 Å². The predicted octanol–water partition coefficient (Wildman–Crippen LogP) is 0.894. The van der Waals surface area contributed by atoms with Gasteiger partial charge in [-0.25, -0.2) is 13.1 Å². The van der Waals surface area contributed by atoms with Gasteiger partial charge >= 0.3 is 0 Å². The number of hydrogen-bond donors (Lipinski definition) is 4. The van der Waals surface area contributed by atoms with Crippen LogP contribution >= 0.6 is 0 Å². The summed E-state index contributed by atoms with van der Waals surface area (Å²) in [6, 6.07) is 4.67. The number of anilines is 2. The van der Waals surface area contributed by atoms with Gasteiger partial charge in [0.15, 0.2) is 0 Å². The lowest BCUT2D eigenvalue weighted by atomic mass is 10.0. The van der Waals surface area contributed by atoms with Crippen LogP contribution in [0, 0.1) is 0 Å². The van der Waals surface area contributed by atoms with Crippen LogP contribution in [-0.4, -0.2) is 32.7 Å². The van der Waals surface area contributed by atoms with Crippen molar-refractivity contribution in [3.05, 3.63) is 18.2 Å².